The molecule has 1 N–H and O–H groups in total. The molecule has 0 saturated carbocycles. The van der Waals surface area contributed by atoms with Gasteiger partial charge in [-0.15, -0.1) is 0 Å². The first-order valence-electron chi connectivity index (χ1n) is 7.28. The van der Waals surface area contributed by atoms with Gasteiger partial charge in [0.2, 0.25) is 0 Å². The molecule has 0 bridgehead atoms. The molecule has 0 unspecified atom stereocenters. The van der Waals surface area contributed by atoms with E-state index in [1.54, 1.807) is 6.92 Å². The summed E-state index contributed by atoms with van der Waals surface area (Å²) in [5, 5.41) is 0.691. The molecular formula is C16H14N4O3S. The molecule has 122 valence electrons. The number of thioether (sulfide) groups is 1. The monoisotopic (exact) mass is 342 g/mol. The van der Waals surface area contributed by atoms with Gasteiger partial charge in [-0.05, 0) is 6.92 Å². The molecule has 8 heteroatoms. The molecule has 0 fully saturated rings. The van der Waals surface area contributed by atoms with Gasteiger partial charge < -0.3 is 9.72 Å². The van der Waals surface area contributed by atoms with E-state index in [-0.39, 0.29) is 17.3 Å². The van der Waals surface area contributed by atoms with Crippen LogP contribution < -0.4 is 5.56 Å². The van der Waals surface area contributed by atoms with Crippen LogP contribution >= 0.6 is 11.8 Å². The molecule has 0 amide bonds. The van der Waals surface area contributed by atoms with Gasteiger partial charge in [-0.3, -0.25) is 9.59 Å². The van der Waals surface area contributed by atoms with Crippen LogP contribution in [-0.2, 0) is 9.53 Å². The van der Waals surface area contributed by atoms with Crippen LogP contribution in [0.2, 0.25) is 0 Å². The van der Waals surface area contributed by atoms with Gasteiger partial charge in [0.1, 0.15) is 5.39 Å². The Bertz CT molecular complexity index is 928. The van der Waals surface area contributed by atoms with Crippen molar-refractivity contribution >= 4 is 28.8 Å². The molecule has 0 radical (unpaired) electrons. The number of hydrogen-bond donors (Lipinski definition) is 1. The SMILES string of the molecule is CCOC(=O)CSc1nc(-c2ccccc2)c2c(=O)[nH]cnc2n1. The molecule has 2 aromatic heterocycles. The maximum Gasteiger partial charge on any atom is 0.316 e. The van der Waals surface area contributed by atoms with Gasteiger partial charge in [-0.1, -0.05) is 42.1 Å². The molecular weight excluding hydrogens is 328 g/mol. The molecule has 24 heavy (non-hydrogen) atoms. The molecule has 0 aliphatic heterocycles. The predicted molar refractivity (Wildman–Crippen MR) is 90.7 cm³/mol. The number of nitrogens with one attached hydrogen (secondary N) is 1. The van der Waals surface area contributed by atoms with Gasteiger partial charge in [0, 0.05) is 5.56 Å². The number of nitrogens with zero attached hydrogens (tertiary/aromatic N) is 3. The van der Waals surface area contributed by atoms with Crippen molar-refractivity contribution in [3.63, 3.8) is 0 Å². The van der Waals surface area contributed by atoms with E-state index in [4.69, 9.17) is 4.74 Å². The van der Waals surface area contributed by atoms with Crippen LogP contribution in [0, 0.1) is 0 Å². The summed E-state index contributed by atoms with van der Waals surface area (Å²) in [6, 6.07) is 9.31. The zero-order valence-electron chi connectivity index (χ0n) is 12.9. The number of hydrogen-bond acceptors (Lipinski definition) is 7. The van der Waals surface area contributed by atoms with Crippen LogP contribution in [0.4, 0.5) is 0 Å². The third-order valence-electron chi connectivity index (χ3n) is 3.15. The third kappa shape index (κ3) is 3.43. The topological polar surface area (TPSA) is 97.8 Å². The van der Waals surface area contributed by atoms with Crippen LogP contribution in [0.5, 0.6) is 0 Å². The van der Waals surface area contributed by atoms with Gasteiger partial charge in [0.05, 0.1) is 24.4 Å². The van der Waals surface area contributed by atoms with Crippen LogP contribution in [0.1, 0.15) is 6.92 Å². The molecule has 0 aliphatic rings. The number of carbonyl (C=O) groups is 1. The van der Waals surface area contributed by atoms with Crippen LogP contribution in [0.25, 0.3) is 22.3 Å². The number of rotatable bonds is 5. The molecule has 3 aromatic rings. The number of benzene rings is 1. The van der Waals surface area contributed by atoms with Crippen LogP contribution in [0.15, 0.2) is 46.6 Å². The van der Waals surface area contributed by atoms with Crippen molar-refractivity contribution in [3.8, 4) is 11.3 Å². The Morgan fingerprint density at radius 2 is 2.04 bits per heavy atom. The third-order valence-corrected chi connectivity index (χ3v) is 3.97. The van der Waals surface area contributed by atoms with Crippen LogP contribution in [0.3, 0.4) is 0 Å². The smallest absolute Gasteiger partial charge is 0.316 e. The summed E-state index contributed by atoms with van der Waals surface area (Å²) >= 11 is 1.15. The van der Waals surface area contributed by atoms with Crippen molar-refractivity contribution in [2.75, 3.05) is 12.4 Å². The Hall–Kier alpha value is -2.74. The van der Waals surface area contributed by atoms with E-state index in [9.17, 15) is 9.59 Å². The summed E-state index contributed by atoms with van der Waals surface area (Å²) < 4.78 is 4.90. The van der Waals surface area contributed by atoms with E-state index in [1.165, 1.54) is 6.33 Å². The average Bonchev–Trinajstić information content (AvgIpc) is 2.60. The number of carbonyl (C=O) groups excluding carboxylic acids is 1. The zero-order valence-corrected chi connectivity index (χ0v) is 13.7. The largest absolute Gasteiger partial charge is 0.465 e. The van der Waals surface area contributed by atoms with E-state index in [0.717, 1.165) is 17.3 Å². The summed E-state index contributed by atoms with van der Waals surface area (Å²) in [5.41, 5.74) is 1.25. The Labute approximate surface area is 141 Å². The van der Waals surface area contributed by atoms with E-state index in [0.29, 0.717) is 28.5 Å². The molecule has 0 aliphatic carbocycles. The Kier molecular flexibility index (Phi) is 4.85. The van der Waals surface area contributed by atoms with Crippen molar-refractivity contribution in [3.05, 3.63) is 47.0 Å². The Balaban J connectivity index is 2.07. The van der Waals surface area contributed by atoms with E-state index in [1.807, 2.05) is 30.3 Å². The normalized spacial score (nSPS) is 10.7. The molecule has 0 saturated heterocycles. The highest BCUT2D eigenvalue weighted by Gasteiger charge is 2.15. The standard InChI is InChI=1S/C16H14N4O3S/c1-2-23-11(21)8-24-16-19-13(10-6-4-3-5-7-10)12-14(20-16)17-9-18-15(12)22/h3-7,9H,2,8H2,1H3,(H,17,18,19,20,22). The lowest BCUT2D eigenvalue weighted by Gasteiger charge is -2.07. The highest BCUT2D eigenvalue weighted by Crippen LogP contribution is 2.25. The fourth-order valence-electron chi connectivity index (χ4n) is 2.15. The first-order valence-corrected chi connectivity index (χ1v) is 8.27. The quantitative estimate of drug-likeness (QED) is 0.430. The summed E-state index contributed by atoms with van der Waals surface area (Å²) in [7, 11) is 0. The van der Waals surface area contributed by atoms with Gasteiger partial charge in [-0.25, -0.2) is 15.0 Å². The first kappa shape index (κ1) is 16.1. The molecule has 3 rings (SSSR count). The highest BCUT2D eigenvalue weighted by atomic mass is 32.2. The molecule has 0 spiro atoms. The lowest BCUT2D eigenvalue weighted by Crippen LogP contribution is -2.11. The lowest BCUT2D eigenvalue weighted by molar-refractivity contribution is -0.139. The van der Waals surface area contributed by atoms with Gasteiger partial charge in [-0.2, -0.15) is 0 Å². The minimum atomic E-state index is -0.341. The van der Waals surface area contributed by atoms with Crippen LogP contribution in [-0.4, -0.2) is 38.3 Å². The number of aromatic amines is 1. The zero-order chi connectivity index (χ0) is 16.9. The van der Waals surface area contributed by atoms with Gasteiger partial charge >= 0.3 is 5.97 Å². The second-order valence-corrected chi connectivity index (χ2v) is 5.69. The number of aromatic nitrogens is 4. The van der Waals surface area contributed by atoms with Crippen molar-refractivity contribution in [1.29, 1.82) is 0 Å². The maximum atomic E-state index is 12.2. The Morgan fingerprint density at radius 1 is 1.25 bits per heavy atom. The fraction of sp³-hybridized carbons (Fsp3) is 0.188. The number of esters is 1. The van der Waals surface area contributed by atoms with Gasteiger partial charge in [0.15, 0.2) is 10.8 Å². The van der Waals surface area contributed by atoms with E-state index < -0.39 is 0 Å². The molecule has 7 nitrogen and oxygen atoms in total. The fourth-order valence-corrected chi connectivity index (χ4v) is 2.79. The maximum absolute atomic E-state index is 12.2. The lowest BCUT2D eigenvalue weighted by atomic mass is 10.1. The summed E-state index contributed by atoms with van der Waals surface area (Å²) in [6.07, 6.45) is 1.30. The molecule has 2 heterocycles. The molecule has 1 aromatic carbocycles. The molecule has 0 atom stereocenters. The number of fused-ring (bicyclic) bond motifs is 1. The Morgan fingerprint density at radius 3 is 2.79 bits per heavy atom. The minimum absolute atomic E-state index is 0.0940. The van der Waals surface area contributed by atoms with Gasteiger partial charge in [0.25, 0.3) is 5.56 Å². The van der Waals surface area contributed by atoms with Crippen molar-refractivity contribution in [2.24, 2.45) is 0 Å². The number of ether oxygens (including phenoxy) is 1. The van der Waals surface area contributed by atoms with Crippen molar-refractivity contribution in [1.82, 2.24) is 19.9 Å². The number of H-pyrrole nitrogens is 1. The summed E-state index contributed by atoms with van der Waals surface area (Å²) in [6.45, 7) is 2.07. The van der Waals surface area contributed by atoms with E-state index in [2.05, 4.69) is 19.9 Å². The second kappa shape index (κ2) is 7.22. The average molecular weight is 342 g/mol. The first-order chi connectivity index (χ1) is 11.7. The summed E-state index contributed by atoms with van der Waals surface area (Å²) in [5.74, 6) is -0.247. The van der Waals surface area contributed by atoms with Crippen molar-refractivity contribution < 1.29 is 9.53 Å². The van der Waals surface area contributed by atoms with Crippen molar-refractivity contribution in [2.45, 2.75) is 12.1 Å². The second-order valence-electron chi connectivity index (χ2n) is 4.74. The predicted octanol–water partition coefficient (Wildman–Crippen LogP) is 2.04. The summed E-state index contributed by atoms with van der Waals surface area (Å²) in [4.78, 5) is 39.1. The highest BCUT2D eigenvalue weighted by molar-refractivity contribution is 7.99. The van der Waals surface area contributed by atoms with E-state index >= 15 is 0 Å². The minimum Gasteiger partial charge on any atom is -0.465 e.